The Morgan fingerprint density at radius 3 is 2.64 bits per heavy atom. The first-order chi connectivity index (χ1) is 10.4. The van der Waals surface area contributed by atoms with Gasteiger partial charge in [-0.3, -0.25) is 4.79 Å². The fraction of sp³-hybridized carbons (Fsp3) is 0.500. The number of aromatic nitrogens is 1. The molecule has 0 aliphatic heterocycles. The zero-order valence-electron chi connectivity index (χ0n) is 13.1. The number of carbonyl (C=O) groups excluding carboxylic acids is 1. The van der Waals surface area contributed by atoms with Crippen LogP contribution in [0.1, 0.15) is 49.4 Å². The summed E-state index contributed by atoms with van der Waals surface area (Å²) in [6.07, 6.45) is 3.22. The van der Waals surface area contributed by atoms with Crippen LogP contribution in [0, 0.1) is 12.3 Å². The maximum Gasteiger partial charge on any atom is 0.226 e. The molecule has 1 amide bonds. The average Bonchev–Trinajstić information content (AvgIpc) is 3.36. The second-order valence-corrected chi connectivity index (χ2v) is 7.26. The largest absolute Gasteiger partial charge is 0.357 e. The molecule has 22 heavy (non-hydrogen) atoms. The Balaban J connectivity index is 1.57. The Labute approximate surface area is 129 Å². The molecule has 2 fully saturated rings. The Morgan fingerprint density at radius 1 is 1.27 bits per heavy atom. The predicted molar refractivity (Wildman–Crippen MR) is 84.2 cm³/mol. The van der Waals surface area contributed by atoms with Crippen LogP contribution in [-0.2, 0) is 17.0 Å². The standard InChI is InChI=1S/C18H21FN2O/c1-11-7-15-12(9-14(11)18(19)5-6-18)8-13(21-15)10-20-16(22)17(2)3-4-17/h7-9,21H,3-6,10H2,1-2H3,(H,20,22). The number of amides is 1. The number of alkyl halides is 1. The van der Waals surface area contributed by atoms with Gasteiger partial charge in [0.2, 0.25) is 5.91 Å². The van der Waals surface area contributed by atoms with Crippen LogP contribution in [0.15, 0.2) is 18.2 Å². The van der Waals surface area contributed by atoms with Crippen LogP contribution >= 0.6 is 0 Å². The van der Waals surface area contributed by atoms with Gasteiger partial charge in [0.1, 0.15) is 5.67 Å². The van der Waals surface area contributed by atoms with Gasteiger partial charge in [0.25, 0.3) is 0 Å². The zero-order valence-corrected chi connectivity index (χ0v) is 13.1. The summed E-state index contributed by atoms with van der Waals surface area (Å²) in [5, 5.41) is 4.01. The maximum atomic E-state index is 14.4. The third-order valence-electron chi connectivity index (χ3n) is 5.18. The fourth-order valence-corrected chi connectivity index (χ4v) is 3.11. The van der Waals surface area contributed by atoms with Crippen molar-refractivity contribution in [3.05, 3.63) is 35.0 Å². The van der Waals surface area contributed by atoms with E-state index in [2.05, 4.69) is 10.3 Å². The summed E-state index contributed by atoms with van der Waals surface area (Å²) in [6.45, 7) is 4.46. The van der Waals surface area contributed by atoms with Crippen molar-refractivity contribution in [1.82, 2.24) is 10.3 Å². The molecule has 4 rings (SSSR count). The first-order valence-corrected chi connectivity index (χ1v) is 8.00. The highest BCUT2D eigenvalue weighted by molar-refractivity contribution is 5.85. The zero-order chi connectivity index (χ0) is 15.5. The van der Waals surface area contributed by atoms with Gasteiger partial charge in [0, 0.05) is 22.0 Å². The summed E-state index contributed by atoms with van der Waals surface area (Å²) in [7, 11) is 0. The van der Waals surface area contributed by atoms with Crippen LogP contribution < -0.4 is 5.32 Å². The van der Waals surface area contributed by atoms with E-state index in [4.69, 9.17) is 0 Å². The van der Waals surface area contributed by atoms with Crippen LogP contribution in [0.25, 0.3) is 10.9 Å². The van der Waals surface area contributed by atoms with Crippen molar-refractivity contribution >= 4 is 16.8 Å². The van der Waals surface area contributed by atoms with Crippen molar-refractivity contribution in [2.24, 2.45) is 5.41 Å². The molecule has 3 nitrogen and oxygen atoms in total. The van der Waals surface area contributed by atoms with E-state index in [1.54, 1.807) is 0 Å². The van der Waals surface area contributed by atoms with Gasteiger partial charge < -0.3 is 10.3 Å². The van der Waals surface area contributed by atoms with Crippen molar-refractivity contribution < 1.29 is 9.18 Å². The van der Waals surface area contributed by atoms with Crippen LogP contribution in [-0.4, -0.2) is 10.9 Å². The SMILES string of the molecule is Cc1cc2[nH]c(CNC(=O)C3(C)CC3)cc2cc1C1(F)CC1. The minimum absolute atomic E-state index is 0.128. The molecule has 2 aliphatic rings. The van der Waals surface area contributed by atoms with Gasteiger partial charge in [-0.2, -0.15) is 0 Å². The molecule has 2 aliphatic carbocycles. The fourth-order valence-electron chi connectivity index (χ4n) is 3.11. The number of H-pyrrole nitrogens is 1. The van der Waals surface area contributed by atoms with E-state index >= 15 is 0 Å². The van der Waals surface area contributed by atoms with E-state index in [-0.39, 0.29) is 11.3 Å². The number of benzene rings is 1. The van der Waals surface area contributed by atoms with E-state index in [1.165, 1.54) is 0 Å². The lowest BCUT2D eigenvalue weighted by Crippen LogP contribution is -2.29. The topological polar surface area (TPSA) is 44.9 Å². The highest BCUT2D eigenvalue weighted by Gasteiger charge is 2.46. The van der Waals surface area contributed by atoms with Crippen LogP contribution in [0.2, 0.25) is 0 Å². The molecule has 0 bridgehead atoms. The minimum Gasteiger partial charge on any atom is -0.357 e. The number of halogens is 1. The monoisotopic (exact) mass is 300 g/mol. The van der Waals surface area contributed by atoms with Crippen molar-refractivity contribution in [3.8, 4) is 0 Å². The number of hydrogen-bond donors (Lipinski definition) is 2. The van der Waals surface area contributed by atoms with E-state index in [9.17, 15) is 9.18 Å². The molecule has 116 valence electrons. The molecular formula is C18H21FN2O. The maximum absolute atomic E-state index is 14.4. The number of aryl methyl sites for hydroxylation is 1. The van der Waals surface area contributed by atoms with Gasteiger partial charge in [-0.25, -0.2) is 4.39 Å². The third kappa shape index (κ3) is 2.21. The predicted octanol–water partition coefficient (Wildman–Crippen LogP) is 3.85. The van der Waals surface area contributed by atoms with Gasteiger partial charge in [-0.15, -0.1) is 0 Å². The molecule has 1 aromatic heterocycles. The second kappa shape index (κ2) is 4.34. The normalized spacial score (nSPS) is 20.9. The summed E-state index contributed by atoms with van der Waals surface area (Å²) in [4.78, 5) is 15.3. The van der Waals surface area contributed by atoms with Gasteiger partial charge in [-0.05, 0) is 61.9 Å². The molecule has 0 saturated heterocycles. The first kappa shape index (κ1) is 13.8. The van der Waals surface area contributed by atoms with Gasteiger partial charge in [0.05, 0.1) is 6.54 Å². The minimum atomic E-state index is -1.11. The quantitative estimate of drug-likeness (QED) is 0.885. The van der Waals surface area contributed by atoms with Crippen molar-refractivity contribution in [2.75, 3.05) is 0 Å². The smallest absolute Gasteiger partial charge is 0.226 e. The van der Waals surface area contributed by atoms with E-state index in [0.717, 1.165) is 40.6 Å². The van der Waals surface area contributed by atoms with Crippen LogP contribution in [0.3, 0.4) is 0 Å². The lowest BCUT2D eigenvalue weighted by Gasteiger charge is -2.09. The molecule has 2 N–H and O–H groups in total. The summed E-state index contributed by atoms with van der Waals surface area (Å²) < 4.78 is 14.4. The van der Waals surface area contributed by atoms with Crippen molar-refractivity contribution in [3.63, 3.8) is 0 Å². The molecule has 1 heterocycles. The Kier molecular flexibility index (Phi) is 2.72. The summed E-state index contributed by atoms with van der Waals surface area (Å²) >= 11 is 0. The Hall–Kier alpha value is -1.84. The van der Waals surface area contributed by atoms with Gasteiger partial charge in [0.15, 0.2) is 0 Å². The van der Waals surface area contributed by atoms with Gasteiger partial charge >= 0.3 is 0 Å². The van der Waals surface area contributed by atoms with Crippen molar-refractivity contribution in [2.45, 2.75) is 51.7 Å². The Bertz CT molecular complexity index is 769. The lowest BCUT2D eigenvalue weighted by atomic mass is 10.0. The highest BCUT2D eigenvalue weighted by atomic mass is 19.1. The summed E-state index contributed by atoms with van der Waals surface area (Å²) in [5.41, 5.74) is 2.53. The molecule has 0 atom stereocenters. The molecule has 4 heteroatoms. The van der Waals surface area contributed by atoms with Crippen LogP contribution in [0.4, 0.5) is 4.39 Å². The first-order valence-electron chi connectivity index (χ1n) is 8.00. The molecule has 0 spiro atoms. The third-order valence-corrected chi connectivity index (χ3v) is 5.18. The van der Waals surface area contributed by atoms with Crippen molar-refractivity contribution in [1.29, 1.82) is 0 Å². The molecule has 1 aromatic carbocycles. The molecular weight excluding hydrogens is 279 g/mol. The summed E-state index contributed by atoms with van der Waals surface area (Å²) in [6, 6.07) is 5.99. The molecule has 2 saturated carbocycles. The summed E-state index contributed by atoms with van der Waals surface area (Å²) in [5.74, 6) is 0.128. The van der Waals surface area contributed by atoms with Crippen LogP contribution in [0.5, 0.6) is 0 Å². The molecule has 0 radical (unpaired) electrons. The molecule has 0 unspecified atom stereocenters. The Morgan fingerprint density at radius 2 is 2.00 bits per heavy atom. The molecule has 2 aromatic rings. The van der Waals surface area contributed by atoms with E-state index < -0.39 is 5.67 Å². The van der Waals surface area contributed by atoms with Gasteiger partial charge in [-0.1, -0.05) is 6.92 Å². The number of hydrogen-bond acceptors (Lipinski definition) is 1. The average molecular weight is 300 g/mol. The lowest BCUT2D eigenvalue weighted by molar-refractivity contribution is -0.125. The number of aromatic amines is 1. The highest BCUT2D eigenvalue weighted by Crippen LogP contribution is 2.51. The van der Waals surface area contributed by atoms with E-state index in [1.807, 2.05) is 32.0 Å². The number of rotatable bonds is 4. The number of nitrogens with one attached hydrogen (secondary N) is 2. The van der Waals surface area contributed by atoms with E-state index in [0.29, 0.717) is 19.4 Å². The number of fused-ring (bicyclic) bond motifs is 1. The second-order valence-electron chi connectivity index (χ2n) is 7.26. The number of carbonyl (C=O) groups is 1.